The third kappa shape index (κ3) is 3.32. The third-order valence-corrected chi connectivity index (χ3v) is 4.51. The van der Waals surface area contributed by atoms with Crippen molar-refractivity contribution in [3.63, 3.8) is 0 Å². The average molecular weight is 330 g/mol. The van der Waals surface area contributed by atoms with Gasteiger partial charge in [0.2, 0.25) is 10.0 Å². The fraction of sp³-hybridized carbons (Fsp3) is 0.143. The van der Waals surface area contributed by atoms with Crippen molar-refractivity contribution >= 4 is 48.9 Å². The minimum Gasteiger partial charge on any atom is -0.281 e. The van der Waals surface area contributed by atoms with Crippen LogP contribution in [0.4, 0.5) is 11.4 Å². The van der Waals surface area contributed by atoms with E-state index in [0.29, 0.717) is 0 Å². The maximum atomic E-state index is 11.2. The summed E-state index contributed by atoms with van der Waals surface area (Å²) >= 11 is 8.48. The van der Waals surface area contributed by atoms with Crippen molar-refractivity contribution < 1.29 is 13.3 Å². The lowest BCUT2D eigenvalue weighted by Crippen LogP contribution is -2.13. The van der Waals surface area contributed by atoms with Crippen LogP contribution in [0.1, 0.15) is 0 Å². The molecule has 0 radical (unpaired) electrons. The Labute approximate surface area is 105 Å². The molecule has 0 atom stereocenters. The monoisotopic (exact) mass is 328 g/mol. The van der Waals surface area contributed by atoms with Crippen molar-refractivity contribution in [2.45, 2.75) is 0 Å². The molecule has 1 aromatic carbocycles. The molecular formula is C7H6BrClN2O4S. The average Bonchev–Trinajstić information content (AvgIpc) is 2.20. The molecule has 1 N–H and O–H groups in total. The summed E-state index contributed by atoms with van der Waals surface area (Å²) in [7, 11) is -3.52. The second-order valence-electron chi connectivity index (χ2n) is 2.75. The van der Waals surface area contributed by atoms with Gasteiger partial charge in [0.1, 0.15) is 4.66 Å². The van der Waals surface area contributed by atoms with E-state index in [1.54, 1.807) is 0 Å². The van der Waals surface area contributed by atoms with Crippen molar-refractivity contribution in [2.75, 3.05) is 9.38 Å². The van der Waals surface area contributed by atoms with Gasteiger partial charge in [-0.05, 0) is 6.07 Å². The zero-order valence-electron chi connectivity index (χ0n) is 7.68. The van der Waals surface area contributed by atoms with Gasteiger partial charge in [0.15, 0.2) is 0 Å². The van der Waals surface area contributed by atoms with Gasteiger partial charge in [0.25, 0.3) is 5.69 Å². The summed E-state index contributed by atoms with van der Waals surface area (Å²) in [5.74, 6) is 0. The lowest BCUT2D eigenvalue weighted by molar-refractivity contribution is -0.384. The standard InChI is InChI=1S/C7H6BrClN2O4S/c8-4-16(14,15)10-7-2-1-5(11(12)13)3-6(7)9/h1-3,10H,4H2. The Kier molecular flexibility index (Phi) is 4.11. The largest absolute Gasteiger partial charge is 0.281 e. The Morgan fingerprint density at radius 2 is 2.12 bits per heavy atom. The number of nitro groups is 1. The van der Waals surface area contributed by atoms with E-state index in [1.165, 1.54) is 6.07 Å². The van der Waals surface area contributed by atoms with E-state index in [-0.39, 0.29) is 21.1 Å². The van der Waals surface area contributed by atoms with Crippen molar-refractivity contribution in [3.8, 4) is 0 Å². The summed E-state index contributed by atoms with van der Waals surface area (Å²) in [6, 6.07) is 3.48. The molecule has 0 unspecified atom stereocenters. The number of alkyl halides is 1. The molecule has 0 aliphatic heterocycles. The summed E-state index contributed by atoms with van der Waals surface area (Å²) in [4.78, 5) is 9.79. The summed E-state index contributed by atoms with van der Waals surface area (Å²) < 4.78 is 24.3. The Bertz CT molecular complexity index is 519. The molecule has 0 aliphatic carbocycles. The van der Waals surface area contributed by atoms with Gasteiger partial charge in [-0.3, -0.25) is 14.8 Å². The summed E-state index contributed by atoms with van der Waals surface area (Å²) in [6.07, 6.45) is 0. The molecule has 88 valence electrons. The van der Waals surface area contributed by atoms with Gasteiger partial charge in [-0.25, -0.2) is 8.42 Å². The number of sulfonamides is 1. The number of halogens is 2. The van der Waals surface area contributed by atoms with Crippen LogP contribution in [0.25, 0.3) is 0 Å². The zero-order valence-corrected chi connectivity index (χ0v) is 10.8. The van der Waals surface area contributed by atoms with Crippen LogP contribution in [0.2, 0.25) is 5.02 Å². The molecule has 0 saturated heterocycles. The first-order valence-electron chi connectivity index (χ1n) is 3.86. The molecule has 0 aromatic heterocycles. The highest BCUT2D eigenvalue weighted by molar-refractivity contribution is 9.10. The summed E-state index contributed by atoms with van der Waals surface area (Å²) in [5, 5.41) is 10.4. The molecule has 16 heavy (non-hydrogen) atoms. The van der Waals surface area contributed by atoms with E-state index in [9.17, 15) is 18.5 Å². The molecule has 9 heteroatoms. The van der Waals surface area contributed by atoms with Crippen LogP contribution in [-0.4, -0.2) is 18.0 Å². The highest BCUT2D eigenvalue weighted by Crippen LogP contribution is 2.27. The topological polar surface area (TPSA) is 89.3 Å². The van der Waals surface area contributed by atoms with Crippen molar-refractivity contribution in [1.82, 2.24) is 0 Å². The van der Waals surface area contributed by atoms with Crippen LogP contribution in [0.15, 0.2) is 18.2 Å². The highest BCUT2D eigenvalue weighted by atomic mass is 79.9. The maximum absolute atomic E-state index is 11.2. The number of rotatable bonds is 4. The molecule has 1 rings (SSSR count). The van der Waals surface area contributed by atoms with Crippen LogP contribution in [0, 0.1) is 10.1 Å². The van der Waals surface area contributed by atoms with Crippen LogP contribution in [0.3, 0.4) is 0 Å². The molecule has 0 amide bonds. The molecule has 0 spiro atoms. The van der Waals surface area contributed by atoms with Crippen molar-refractivity contribution in [1.29, 1.82) is 0 Å². The number of hydrogen-bond donors (Lipinski definition) is 1. The minimum absolute atomic E-state index is 0.0290. The van der Waals surface area contributed by atoms with E-state index in [4.69, 9.17) is 11.6 Å². The summed E-state index contributed by atoms with van der Waals surface area (Å²) in [5.41, 5.74) is -0.0986. The SMILES string of the molecule is O=[N+]([O-])c1ccc(NS(=O)(=O)CBr)c(Cl)c1. The van der Waals surface area contributed by atoms with Gasteiger partial charge < -0.3 is 0 Å². The molecule has 0 bridgehead atoms. The first kappa shape index (κ1) is 13.2. The Morgan fingerprint density at radius 3 is 2.56 bits per heavy atom. The van der Waals surface area contributed by atoms with Gasteiger partial charge in [-0.2, -0.15) is 0 Å². The number of anilines is 1. The molecule has 0 saturated carbocycles. The Morgan fingerprint density at radius 1 is 1.50 bits per heavy atom. The van der Waals surface area contributed by atoms with Gasteiger partial charge in [-0.15, -0.1) is 0 Å². The minimum atomic E-state index is -3.52. The van der Waals surface area contributed by atoms with Crippen molar-refractivity contribution in [2.24, 2.45) is 0 Å². The number of nitro benzene ring substituents is 1. The quantitative estimate of drug-likeness (QED) is 0.521. The van der Waals surface area contributed by atoms with E-state index in [1.807, 2.05) is 0 Å². The molecule has 0 heterocycles. The molecule has 6 nitrogen and oxygen atoms in total. The van der Waals surface area contributed by atoms with Gasteiger partial charge >= 0.3 is 0 Å². The smallest absolute Gasteiger partial charge is 0.271 e. The number of non-ortho nitro benzene ring substituents is 1. The second kappa shape index (κ2) is 4.98. The number of benzene rings is 1. The predicted octanol–water partition coefficient (Wildman–Crippen LogP) is 2.34. The van der Waals surface area contributed by atoms with E-state index >= 15 is 0 Å². The molecule has 1 aromatic rings. The molecule has 0 fully saturated rings. The van der Waals surface area contributed by atoms with Gasteiger partial charge in [0, 0.05) is 12.1 Å². The first-order chi connectivity index (χ1) is 7.35. The van der Waals surface area contributed by atoms with E-state index in [0.717, 1.165) is 12.1 Å². The lowest BCUT2D eigenvalue weighted by atomic mass is 10.3. The first-order valence-corrected chi connectivity index (χ1v) is 7.01. The molecule has 0 aliphatic rings. The molecular weight excluding hydrogens is 324 g/mol. The Hall–Kier alpha value is -0.860. The fourth-order valence-electron chi connectivity index (χ4n) is 0.895. The van der Waals surface area contributed by atoms with Crippen LogP contribution in [0.5, 0.6) is 0 Å². The van der Waals surface area contributed by atoms with Gasteiger partial charge in [-0.1, -0.05) is 27.5 Å². The normalized spacial score (nSPS) is 11.1. The fourth-order valence-corrected chi connectivity index (χ4v) is 2.08. The summed E-state index contributed by atoms with van der Waals surface area (Å²) in [6.45, 7) is 0. The number of nitrogens with zero attached hydrogens (tertiary/aromatic N) is 1. The predicted molar refractivity (Wildman–Crippen MR) is 64.4 cm³/mol. The number of nitrogens with one attached hydrogen (secondary N) is 1. The lowest BCUT2D eigenvalue weighted by Gasteiger charge is -2.06. The van der Waals surface area contributed by atoms with E-state index in [2.05, 4.69) is 20.7 Å². The van der Waals surface area contributed by atoms with Crippen LogP contribution >= 0.6 is 27.5 Å². The Balaban J connectivity index is 3.05. The highest BCUT2D eigenvalue weighted by Gasteiger charge is 2.13. The zero-order chi connectivity index (χ0) is 12.3. The second-order valence-corrected chi connectivity index (χ2v) is 6.18. The van der Waals surface area contributed by atoms with Crippen molar-refractivity contribution in [3.05, 3.63) is 33.3 Å². The van der Waals surface area contributed by atoms with Crippen LogP contribution < -0.4 is 4.72 Å². The third-order valence-electron chi connectivity index (χ3n) is 1.57. The maximum Gasteiger partial charge on any atom is 0.271 e. The number of hydrogen-bond acceptors (Lipinski definition) is 4. The van der Waals surface area contributed by atoms with Crippen LogP contribution in [-0.2, 0) is 10.0 Å². The van der Waals surface area contributed by atoms with Gasteiger partial charge in [0.05, 0.1) is 15.6 Å². The van der Waals surface area contributed by atoms with E-state index < -0.39 is 14.9 Å².